The molecule has 1 amide bonds. The van der Waals surface area contributed by atoms with Gasteiger partial charge in [-0.3, -0.25) is 4.79 Å². The molecule has 2 aliphatic carbocycles. The van der Waals surface area contributed by atoms with Gasteiger partial charge in [-0.2, -0.15) is 13.2 Å². The maximum absolute atomic E-state index is 13.9. The van der Waals surface area contributed by atoms with Gasteiger partial charge in [-0.05, 0) is 56.3 Å². The highest BCUT2D eigenvalue weighted by Gasteiger charge is 2.46. The monoisotopic (exact) mass is 458 g/mol. The van der Waals surface area contributed by atoms with Crippen LogP contribution in [0, 0.1) is 17.8 Å². The summed E-state index contributed by atoms with van der Waals surface area (Å²) in [6.45, 7) is 2.64. The molecule has 31 heavy (non-hydrogen) atoms. The van der Waals surface area contributed by atoms with Gasteiger partial charge in [0.15, 0.2) is 11.0 Å². The zero-order valence-corrected chi connectivity index (χ0v) is 17.9. The second-order valence-corrected chi connectivity index (χ2v) is 9.72. The van der Waals surface area contributed by atoms with Gasteiger partial charge in [-0.1, -0.05) is 11.6 Å². The minimum atomic E-state index is -4.54. The first-order valence-electron chi connectivity index (χ1n) is 11.1. The lowest BCUT2D eigenvalue weighted by molar-refractivity contribution is -0.138. The van der Waals surface area contributed by atoms with Gasteiger partial charge in [0, 0.05) is 43.8 Å². The van der Waals surface area contributed by atoms with Crippen molar-refractivity contribution in [1.82, 2.24) is 15.1 Å². The summed E-state index contributed by atoms with van der Waals surface area (Å²) in [5, 5.41) is 10.5. The predicted octanol–water partition coefficient (Wildman–Crippen LogP) is 4.10. The van der Waals surface area contributed by atoms with Gasteiger partial charge in [0.25, 0.3) is 0 Å². The molecule has 1 aromatic rings. The zero-order chi connectivity index (χ0) is 21.8. The van der Waals surface area contributed by atoms with E-state index in [1.807, 2.05) is 4.90 Å². The summed E-state index contributed by atoms with van der Waals surface area (Å²) in [5.74, 6) is 0.463. The Balaban J connectivity index is 1.26. The zero-order valence-electron chi connectivity index (χ0n) is 17.1. The molecule has 170 valence electrons. The van der Waals surface area contributed by atoms with Crippen LogP contribution in [0.25, 0.3) is 0 Å². The summed E-state index contributed by atoms with van der Waals surface area (Å²) in [4.78, 5) is 14.8. The number of hydrogen-bond donors (Lipinski definition) is 1. The normalized spacial score (nSPS) is 29.3. The van der Waals surface area contributed by atoms with E-state index < -0.39 is 11.7 Å². The van der Waals surface area contributed by atoms with Gasteiger partial charge < -0.3 is 15.0 Å². The van der Waals surface area contributed by atoms with E-state index in [1.54, 1.807) is 0 Å². The summed E-state index contributed by atoms with van der Waals surface area (Å²) in [6.07, 6.45) is -0.162. The second kappa shape index (κ2) is 8.06. The topological polar surface area (TPSA) is 67.3 Å². The van der Waals surface area contributed by atoms with Crippen LogP contribution in [0.1, 0.15) is 55.6 Å². The maximum Gasteiger partial charge on any atom is 0.420 e. The van der Waals surface area contributed by atoms with Crippen molar-refractivity contribution >= 4 is 23.3 Å². The number of fused-ring (bicyclic) bond motifs is 1. The van der Waals surface area contributed by atoms with E-state index in [2.05, 4.69) is 15.5 Å². The van der Waals surface area contributed by atoms with Crippen molar-refractivity contribution in [3.05, 3.63) is 16.3 Å². The molecule has 1 aromatic heterocycles. The van der Waals surface area contributed by atoms with E-state index >= 15 is 0 Å². The van der Waals surface area contributed by atoms with Crippen LogP contribution in [0.2, 0.25) is 5.15 Å². The Bertz CT molecular complexity index is 844. The summed E-state index contributed by atoms with van der Waals surface area (Å²) >= 11 is 6.00. The van der Waals surface area contributed by atoms with Crippen molar-refractivity contribution in [2.24, 2.45) is 17.8 Å². The van der Waals surface area contributed by atoms with Crippen molar-refractivity contribution in [3.63, 3.8) is 0 Å². The number of nitrogens with zero attached hydrogens (tertiary/aromatic N) is 3. The number of likely N-dealkylation sites (tertiary alicyclic amines) is 1. The molecule has 0 unspecified atom stereocenters. The van der Waals surface area contributed by atoms with E-state index in [0.717, 1.165) is 25.7 Å². The van der Waals surface area contributed by atoms with E-state index in [4.69, 9.17) is 16.3 Å². The van der Waals surface area contributed by atoms with Gasteiger partial charge in [0.05, 0.1) is 0 Å². The molecule has 0 spiro atoms. The number of alkyl halides is 3. The van der Waals surface area contributed by atoms with Crippen molar-refractivity contribution in [2.75, 3.05) is 31.6 Å². The van der Waals surface area contributed by atoms with Crippen LogP contribution in [-0.4, -0.2) is 53.3 Å². The highest BCUT2D eigenvalue weighted by molar-refractivity contribution is 6.30. The number of aromatic nitrogens is 2. The largest absolute Gasteiger partial charge is 0.420 e. The van der Waals surface area contributed by atoms with Crippen LogP contribution >= 0.6 is 11.6 Å². The predicted molar refractivity (Wildman–Crippen MR) is 108 cm³/mol. The van der Waals surface area contributed by atoms with Crippen LogP contribution in [0.5, 0.6) is 0 Å². The average molecular weight is 459 g/mol. The molecule has 4 aliphatic rings. The first kappa shape index (κ1) is 21.2. The molecule has 1 N–H and O–H groups in total. The number of anilines is 1. The molecule has 2 saturated heterocycles. The van der Waals surface area contributed by atoms with E-state index in [-0.39, 0.29) is 40.3 Å². The molecule has 0 bridgehead atoms. The molecule has 3 atom stereocenters. The van der Waals surface area contributed by atoms with Gasteiger partial charge >= 0.3 is 6.18 Å². The van der Waals surface area contributed by atoms with Gasteiger partial charge in [-0.25, -0.2) is 0 Å². The highest BCUT2D eigenvalue weighted by atomic mass is 35.5. The lowest BCUT2D eigenvalue weighted by Gasteiger charge is -2.27. The SMILES string of the molecule is O=C(C1CCOCC1)N1C[C@H]2C[C@H](Nc3nnc(Cl)c(C4CC4)c3C(F)(F)F)C[C@H]2C1. The molecule has 0 radical (unpaired) electrons. The number of nitrogens with one attached hydrogen (secondary N) is 1. The average Bonchev–Trinajstić information content (AvgIpc) is 3.39. The lowest BCUT2D eigenvalue weighted by atomic mass is 9.98. The fourth-order valence-electron chi connectivity index (χ4n) is 5.55. The Labute approximate surface area is 183 Å². The standard InChI is InChI=1S/C21H26ClF3N4O2/c22-18-16(11-1-2-11)17(21(23,24)25)19(28-27-18)26-15-7-13-9-29(10-14(13)8-15)20(30)12-3-5-31-6-4-12/h11-15H,1-10H2,(H,26,28)/t13-,14+,15+. The molecular formula is C21H26ClF3N4O2. The molecule has 0 aromatic carbocycles. The van der Waals surface area contributed by atoms with E-state index in [9.17, 15) is 18.0 Å². The maximum atomic E-state index is 13.9. The Kier molecular flexibility index (Phi) is 5.53. The second-order valence-electron chi connectivity index (χ2n) is 9.36. The fourth-order valence-corrected chi connectivity index (χ4v) is 5.84. The number of ether oxygens (including phenoxy) is 1. The van der Waals surface area contributed by atoms with Crippen molar-refractivity contribution in [3.8, 4) is 0 Å². The first-order chi connectivity index (χ1) is 14.8. The Hall–Kier alpha value is -1.61. The smallest absolute Gasteiger partial charge is 0.381 e. The number of carbonyl (C=O) groups is 1. The molecule has 6 nitrogen and oxygen atoms in total. The Morgan fingerprint density at radius 3 is 2.29 bits per heavy atom. The molecule has 5 rings (SSSR count). The molecule has 10 heteroatoms. The van der Waals surface area contributed by atoms with Crippen molar-refractivity contribution in [2.45, 2.75) is 56.7 Å². The van der Waals surface area contributed by atoms with Crippen LogP contribution in [-0.2, 0) is 15.7 Å². The number of halogens is 4. The molecule has 3 heterocycles. The number of amides is 1. The number of hydrogen-bond acceptors (Lipinski definition) is 5. The van der Waals surface area contributed by atoms with Crippen LogP contribution in [0.15, 0.2) is 0 Å². The Morgan fingerprint density at radius 1 is 1.06 bits per heavy atom. The molecule has 2 aliphatic heterocycles. The van der Waals surface area contributed by atoms with Crippen LogP contribution in [0.4, 0.5) is 19.0 Å². The number of rotatable bonds is 4. The summed E-state index contributed by atoms with van der Waals surface area (Å²) < 4.78 is 47.0. The fraction of sp³-hybridized carbons (Fsp3) is 0.762. The minimum absolute atomic E-state index is 0.0426. The van der Waals surface area contributed by atoms with Gasteiger partial charge in [-0.15, -0.1) is 10.2 Å². The summed E-state index contributed by atoms with van der Waals surface area (Å²) in [7, 11) is 0. The lowest BCUT2D eigenvalue weighted by Crippen LogP contribution is -2.38. The summed E-state index contributed by atoms with van der Waals surface area (Å²) in [5.41, 5.74) is -0.679. The van der Waals surface area contributed by atoms with E-state index in [1.165, 1.54) is 0 Å². The molecule has 4 fully saturated rings. The first-order valence-corrected chi connectivity index (χ1v) is 11.5. The van der Waals surface area contributed by atoms with E-state index in [0.29, 0.717) is 51.0 Å². The molecular weight excluding hydrogens is 433 g/mol. The third-order valence-corrected chi connectivity index (χ3v) is 7.49. The van der Waals surface area contributed by atoms with Gasteiger partial charge in [0.2, 0.25) is 5.91 Å². The van der Waals surface area contributed by atoms with Gasteiger partial charge in [0.1, 0.15) is 5.56 Å². The number of carbonyl (C=O) groups excluding carboxylic acids is 1. The third kappa shape index (κ3) is 4.23. The van der Waals surface area contributed by atoms with Crippen LogP contribution < -0.4 is 5.32 Å². The molecule has 2 saturated carbocycles. The highest BCUT2D eigenvalue weighted by Crippen LogP contribution is 2.50. The van der Waals surface area contributed by atoms with Crippen molar-refractivity contribution in [1.29, 1.82) is 0 Å². The summed E-state index contributed by atoms with van der Waals surface area (Å²) in [6, 6.07) is -0.112. The quantitative estimate of drug-likeness (QED) is 0.735. The van der Waals surface area contributed by atoms with Crippen LogP contribution in [0.3, 0.4) is 0 Å². The van der Waals surface area contributed by atoms with Crippen molar-refractivity contribution < 1.29 is 22.7 Å². The minimum Gasteiger partial charge on any atom is -0.381 e. The third-order valence-electron chi connectivity index (χ3n) is 7.21. The Morgan fingerprint density at radius 2 is 1.71 bits per heavy atom.